The highest BCUT2D eigenvalue weighted by Crippen LogP contribution is 2.28. The van der Waals surface area contributed by atoms with E-state index in [2.05, 4.69) is 20.9 Å². The van der Waals surface area contributed by atoms with Crippen LogP contribution in [0.1, 0.15) is 60.7 Å². The van der Waals surface area contributed by atoms with Crippen LogP contribution in [-0.2, 0) is 4.74 Å². The van der Waals surface area contributed by atoms with Gasteiger partial charge in [0.1, 0.15) is 0 Å². The molecule has 1 fully saturated rings. The fraction of sp³-hybridized carbons (Fsp3) is 0.400. The molecule has 0 spiro atoms. The van der Waals surface area contributed by atoms with Crippen molar-refractivity contribution in [3.05, 3.63) is 53.6 Å². The van der Waals surface area contributed by atoms with Crippen molar-refractivity contribution in [2.45, 2.75) is 46.1 Å². The average Bonchev–Trinajstić information content (AvgIpc) is 3.34. The first kappa shape index (κ1) is 24.1. The van der Waals surface area contributed by atoms with E-state index in [4.69, 9.17) is 4.74 Å². The minimum atomic E-state index is -0.443. The lowest BCUT2D eigenvalue weighted by atomic mass is 10.1. The van der Waals surface area contributed by atoms with E-state index in [-0.39, 0.29) is 11.9 Å². The summed E-state index contributed by atoms with van der Waals surface area (Å²) in [6, 6.07) is 11.5. The second-order valence-corrected chi connectivity index (χ2v) is 8.09. The van der Waals surface area contributed by atoms with Crippen LogP contribution in [0.3, 0.4) is 0 Å². The van der Waals surface area contributed by atoms with E-state index in [0.29, 0.717) is 29.1 Å². The van der Waals surface area contributed by atoms with Crippen LogP contribution in [0.25, 0.3) is 0 Å². The zero-order valence-electron chi connectivity index (χ0n) is 19.4. The topological polar surface area (TPSA) is 99.8 Å². The molecule has 0 bridgehead atoms. The normalized spacial score (nSPS) is 13.8. The van der Waals surface area contributed by atoms with E-state index in [1.54, 1.807) is 43.3 Å². The van der Waals surface area contributed by atoms with Crippen LogP contribution in [0, 0.1) is 0 Å². The molecule has 8 nitrogen and oxygen atoms in total. The first-order chi connectivity index (χ1) is 15.9. The summed E-state index contributed by atoms with van der Waals surface area (Å²) < 4.78 is 4.96. The zero-order valence-corrected chi connectivity index (χ0v) is 19.4. The monoisotopic (exact) mass is 452 g/mol. The molecule has 1 unspecified atom stereocenters. The highest BCUT2D eigenvalue weighted by Gasteiger charge is 2.21. The largest absolute Gasteiger partial charge is 0.462 e. The number of nitrogens with one attached hydrogen (secondary N) is 3. The number of esters is 1. The fourth-order valence-electron chi connectivity index (χ4n) is 3.63. The number of carbonyl (C=O) groups excluding carboxylic acids is 3. The van der Waals surface area contributed by atoms with Gasteiger partial charge in [-0.2, -0.15) is 0 Å². The van der Waals surface area contributed by atoms with Gasteiger partial charge in [-0.25, -0.2) is 9.59 Å². The van der Waals surface area contributed by atoms with Crippen LogP contribution in [0.5, 0.6) is 0 Å². The van der Waals surface area contributed by atoms with Gasteiger partial charge in [-0.1, -0.05) is 6.92 Å². The van der Waals surface area contributed by atoms with Crippen molar-refractivity contribution in [2.24, 2.45) is 0 Å². The Labute approximate surface area is 194 Å². The zero-order chi connectivity index (χ0) is 23.8. The van der Waals surface area contributed by atoms with Gasteiger partial charge < -0.3 is 25.6 Å². The van der Waals surface area contributed by atoms with Gasteiger partial charge in [-0.15, -0.1) is 0 Å². The second-order valence-electron chi connectivity index (χ2n) is 8.09. The molecule has 3 amide bonds. The summed E-state index contributed by atoms with van der Waals surface area (Å²) in [5.74, 6) is -0.556. The lowest BCUT2D eigenvalue weighted by Crippen LogP contribution is -2.33. The van der Waals surface area contributed by atoms with Gasteiger partial charge in [-0.3, -0.25) is 4.79 Å². The first-order valence-electron chi connectivity index (χ1n) is 11.5. The molecule has 8 heteroatoms. The summed E-state index contributed by atoms with van der Waals surface area (Å²) in [4.78, 5) is 39.4. The van der Waals surface area contributed by atoms with Gasteiger partial charge in [0.15, 0.2) is 0 Å². The van der Waals surface area contributed by atoms with Gasteiger partial charge in [0.25, 0.3) is 5.91 Å². The molecule has 1 saturated heterocycles. The predicted octanol–water partition coefficient (Wildman–Crippen LogP) is 4.64. The van der Waals surface area contributed by atoms with Gasteiger partial charge >= 0.3 is 12.0 Å². The molecule has 3 N–H and O–H groups in total. The Morgan fingerprint density at radius 2 is 1.61 bits per heavy atom. The Kier molecular flexibility index (Phi) is 8.29. The number of benzene rings is 2. The molecule has 1 atom stereocenters. The molecule has 3 rings (SSSR count). The van der Waals surface area contributed by atoms with Crippen molar-refractivity contribution in [1.82, 2.24) is 5.32 Å². The number of ether oxygens (including phenoxy) is 1. The van der Waals surface area contributed by atoms with Gasteiger partial charge in [0.05, 0.1) is 17.7 Å². The molecule has 2 aromatic rings. The Morgan fingerprint density at radius 1 is 0.970 bits per heavy atom. The van der Waals surface area contributed by atoms with Crippen LogP contribution in [-0.4, -0.2) is 43.6 Å². The fourth-order valence-corrected chi connectivity index (χ4v) is 3.63. The highest BCUT2D eigenvalue weighted by atomic mass is 16.5. The number of nitrogens with zero attached hydrogens (tertiary/aromatic N) is 1. The molecule has 2 aromatic carbocycles. The third-order valence-electron chi connectivity index (χ3n) is 5.59. The van der Waals surface area contributed by atoms with Crippen LogP contribution in [0.4, 0.5) is 21.9 Å². The standard InChI is InChI=1S/C25H32N4O4/c1-4-17(3)26-23(30)21-16-20(12-13-22(21)29-14-6-7-15-29)28-25(32)27-19-10-8-18(9-11-19)24(31)33-5-2/h8-13,16-17H,4-7,14-15H2,1-3H3,(H,26,30)(H2,27,28,32). The minimum absolute atomic E-state index is 0.0569. The second kappa shape index (κ2) is 11.4. The summed E-state index contributed by atoms with van der Waals surface area (Å²) >= 11 is 0. The molecule has 0 saturated carbocycles. The summed E-state index contributed by atoms with van der Waals surface area (Å²) in [6.45, 7) is 7.87. The van der Waals surface area contributed by atoms with Crippen LogP contribution in [0.15, 0.2) is 42.5 Å². The maximum Gasteiger partial charge on any atom is 0.338 e. The third-order valence-corrected chi connectivity index (χ3v) is 5.59. The molecule has 0 radical (unpaired) electrons. The summed E-state index contributed by atoms with van der Waals surface area (Å²) in [7, 11) is 0. The molecule has 1 aliphatic rings. The van der Waals surface area contributed by atoms with Gasteiger partial charge in [-0.05, 0) is 75.6 Å². The molecular weight excluding hydrogens is 420 g/mol. The van der Waals surface area contributed by atoms with Crippen LogP contribution in [0.2, 0.25) is 0 Å². The van der Waals surface area contributed by atoms with E-state index >= 15 is 0 Å². The van der Waals surface area contributed by atoms with Crippen LogP contribution >= 0.6 is 0 Å². The van der Waals surface area contributed by atoms with Crippen molar-refractivity contribution in [3.8, 4) is 0 Å². The lowest BCUT2D eigenvalue weighted by molar-refractivity contribution is 0.0526. The van der Waals surface area contributed by atoms with Gasteiger partial charge in [0.2, 0.25) is 0 Å². The van der Waals surface area contributed by atoms with E-state index in [0.717, 1.165) is 38.0 Å². The maximum atomic E-state index is 13.0. The smallest absolute Gasteiger partial charge is 0.338 e. The Morgan fingerprint density at radius 3 is 2.24 bits per heavy atom. The Hall–Kier alpha value is -3.55. The Balaban J connectivity index is 1.71. The molecule has 0 aromatic heterocycles. The van der Waals surface area contributed by atoms with Gasteiger partial charge in [0, 0.05) is 36.2 Å². The molecule has 0 aliphatic carbocycles. The van der Waals surface area contributed by atoms with Crippen molar-refractivity contribution in [1.29, 1.82) is 0 Å². The molecule has 1 heterocycles. The van der Waals surface area contributed by atoms with Crippen molar-refractivity contribution in [2.75, 3.05) is 35.2 Å². The number of amides is 3. The lowest BCUT2D eigenvalue weighted by Gasteiger charge is -2.23. The van der Waals surface area contributed by atoms with E-state index in [1.165, 1.54) is 0 Å². The number of urea groups is 1. The van der Waals surface area contributed by atoms with Crippen molar-refractivity contribution in [3.63, 3.8) is 0 Å². The quantitative estimate of drug-likeness (QED) is 0.507. The van der Waals surface area contributed by atoms with E-state index < -0.39 is 12.0 Å². The van der Waals surface area contributed by atoms with E-state index in [9.17, 15) is 14.4 Å². The van der Waals surface area contributed by atoms with Crippen molar-refractivity contribution < 1.29 is 19.1 Å². The number of carbonyl (C=O) groups is 3. The van der Waals surface area contributed by atoms with Crippen LogP contribution < -0.4 is 20.9 Å². The summed E-state index contributed by atoms with van der Waals surface area (Å²) in [5.41, 5.74) is 2.90. The molecular formula is C25H32N4O4. The number of rotatable bonds is 8. The SMILES string of the molecule is CCOC(=O)c1ccc(NC(=O)Nc2ccc(N3CCCC3)c(C(=O)NC(C)CC)c2)cc1. The number of hydrogen-bond acceptors (Lipinski definition) is 5. The number of hydrogen-bond donors (Lipinski definition) is 3. The highest BCUT2D eigenvalue weighted by molar-refractivity contribution is 6.04. The van der Waals surface area contributed by atoms with Crippen molar-refractivity contribution >= 4 is 35.0 Å². The maximum absolute atomic E-state index is 13.0. The van der Waals surface area contributed by atoms with E-state index in [1.807, 2.05) is 19.9 Å². The summed E-state index contributed by atoms with van der Waals surface area (Å²) in [5, 5.41) is 8.55. The predicted molar refractivity (Wildman–Crippen MR) is 130 cm³/mol. The molecule has 176 valence electrons. The Bertz CT molecular complexity index is 984. The first-order valence-corrected chi connectivity index (χ1v) is 11.5. The third kappa shape index (κ3) is 6.47. The average molecular weight is 453 g/mol. The number of anilines is 3. The summed E-state index contributed by atoms with van der Waals surface area (Å²) in [6.07, 6.45) is 3.04. The minimum Gasteiger partial charge on any atom is -0.462 e. The molecule has 1 aliphatic heterocycles. The molecule has 33 heavy (non-hydrogen) atoms.